The first-order valence-corrected chi connectivity index (χ1v) is 7.54. The molecule has 0 aliphatic heterocycles. The van der Waals surface area contributed by atoms with E-state index in [4.69, 9.17) is 11.6 Å². The predicted molar refractivity (Wildman–Crippen MR) is 88.4 cm³/mol. The molecule has 1 amide bonds. The first-order chi connectivity index (χ1) is 11.1. The number of aryl methyl sites for hydroxylation is 1. The number of nitrogens with one attached hydrogen (secondary N) is 1. The van der Waals surface area contributed by atoms with E-state index in [1.165, 1.54) is 22.0 Å². The fourth-order valence-corrected chi connectivity index (χ4v) is 2.39. The number of anilines is 1. The molecule has 1 N–H and O–H groups in total. The van der Waals surface area contributed by atoms with E-state index in [1.54, 1.807) is 16.9 Å². The first-order valence-electron chi connectivity index (χ1n) is 7.16. The predicted octanol–water partition coefficient (Wildman–Crippen LogP) is 2.73. The van der Waals surface area contributed by atoms with Gasteiger partial charge < -0.3 is 5.32 Å². The zero-order valence-corrected chi connectivity index (χ0v) is 13.4. The highest BCUT2D eigenvalue weighted by Gasteiger charge is 2.07. The zero-order valence-electron chi connectivity index (χ0n) is 12.6. The Morgan fingerprint density at radius 2 is 2.09 bits per heavy atom. The van der Waals surface area contributed by atoms with Gasteiger partial charge in [-0.05, 0) is 18.1 Å². The molecule has 0 radical (unpaired) electrons. The lowest BCUT2D eigenvalue weighted by atomic mass is 10.1. The molecule has 2 aromatic heterocycles. The lowest BCUT2D eigenvalue weighted by Gasteiger charge is -2.05. The molecule has 3 aromatic rings. The molecule has 0 atom stereocenters. The van der Waals surface area contributed by atoms with Gasteiger partial charge in [0.2, 0.25) is 5.91 Å². The van der Waals surface area contributed by atoms with Gasteiger partial charge in [0, 0.05) is 18.5 Å². The number of hydrogen-bond acceptors (Lipinski definition) is 3. The second-order valence-electron chi connectivity index (χ2n) is 5.23. The summed E-state index contributed by atoms with van der Waals surface area (Å²) in [6.07, 6.45) is 4.93. The summed E-state index contributed by atoms with van der Waals surface area (Å²) in [5, 5.41) is 11.6. The summed E-state index contributed by atoms with van der Waals surface area (Å²) < 4.78 is 3.27. The number of nitrogens with zero attached hydrogens (tertiary/aromatic N) is 4. The number of aromatic nitrogens is 4. The first kappa shape index (κ1) is 15.3. The van der Waals surface area contributed by atoms with Crippen LogP contribution in [0.1, 0.15) is 11.1 Å². The van der Waals surface area contributed by atoms with Crippen LogP contribution in [0.4, 0.5) is 5.82 Å². The number of hydrogen-bond donors (Lipinski definition) is 1. The van der Waals surface area contributed by atoms with E-state index in [0.717, 1.165) is 0 Å². The summed E-state index contributed by atoms with van der Waals surface area (Å²) in [7, 11) is 0. The molecule has 0 bridgehead atoms. The van der Waals surface area contributed by atoms with Crippen molar-refractivity contribution in [2.75, 3.05) is 5.32 Å². The topological polar surface area (TPSA) is 64.7 Å². The van der Waals surface area contributed by atoms with Crippen LogP contribution in [0, 0.1) is 6.92 Å². The molecule has 0 aliphatic rings. The van der Waals surface area contributed by atoms with Gasteiger partial charge in [0.1, 0.15) is 6.54 Å². The lowest BCUT2D eigenvalue weighted by Crippen LogP contribution is -2.19. The standard InChI is InChI=1S/C16H16ClN5O/c1-12-4-2-3-5-13(12)9-21-7-6-15(20-21)19-16(23)11-22-10-14(17)8-18-22/h2-8,10H,9,11H2,1H3,(H,19,20,23). The summed E-state index contributed by atoms with van der Waals surface area (Å²) in [6.45, 7) is 2.82. The smallest absolute Gasteiger partial charge is 0.247 e. The number of halogens is 1. The molecule has 2 heterocycles. The fourth-order valence-electron chi connectivity index (χ4n) is 2.23. The van der Waals surface area contributed by atoms with Crippen molar-refractivity contribution in [3.63, 3.8) is 0 Å². The van der Waals surface area contributed by atoms with Crippen molar-refractivity contribution >= 4 is 23.3 Å². The lowest BCUT2D eigenvalue weighted by molar-refractivity contribution is -0.116. The van der Waals surface area contributed by atoms with Crippen molar-refractivity contribution < 1.29 is 4.79 Å². The van der Waals surface area contributed by atoms with E-state index < -0.39 is 0 Å². The Bertz CT molecular complexity index is 823. The van der Waals surface area contributed by atoms with Crippen molar-refractivity contribution in [2.24, 2.45) is 0 Å². The molecular formula is C16H16ClN5O. The highest BCUT2D eigenvalue weighted by Crippen LogP contribution is 2.11. The number of benzene rings is 1. The number of carbonyl (C=O) groups is 1. The Morgan fingerprint density at radius 1 is 1.26 bits per heavy atom. The largest absolute Gasteiger partial charge is 0.308 e. The second-order valence-corrected chi connectivity index (χ2v) is 5.67. The number of carbonyl (C=O) groups excluding carboxylic acids is 1. The molecule has 6 nitrogen and oxygen atoms in total. The molecule has 0 saturated heterocycles. The third-order valence-corrected chi connectivity index (χ3v) is 3.60. The normalized spacial score (nSPS) is 10.7. The molecule has 0 fully saturated rings. The zero-order chi connectivity index (χ0) is 16.2. The quantitative estimate of drug-likeness (QED) is 0.782. The summed E-state index contributed by atoms with van der Waals surface area (Å²) in [5.74, 6) is 0.313. The highest BCUT2D eigenvalue weighted by molar-refractivity contribution is 6.30. The third kappa shape index (κ3) is 3.98. The van der Waals surface area contributed by atoms with E-state index >= 15 is 0 Å². The Kier molecular flexibility index (Phi) is 4.43. The Hall–Kier alpha value is -2.60. The summed E-state index contributed by atoms with van der Waals surface area (Å²) in [4.78, 5) is 11.9. The van der Waals surface area contributed by atoms with Gasteiger partial charge in [-0.1, -0.05) is 35.9 Å². The maximum Gasteiger partial charge on any atom is 0.247 e. The van der Waals surface area contributed by atoms with Crippen LogP contribution in [-0.2, 0) is 17.9 Å². The fraction of sp³-hybridized carbons (Fsp3) is 0.188. The van der Waals surface area contributed by atoms with Crippen molar-refractivity contribution in [1.29, 1.82) is 0 Å². The van der Waals surface area contributed by atoms with Crippen LogP contribution in [0.25, 0.3) is 0 Å². The van der Waals surface area contributed by atoms with Gasteiger partial charge in [0.05, 0.1) is 17.8 Å². The number of amides is 1. The molecule has 1 aromatic carbocycles. The third-order valence-electron chi connectivity index (χ3n) is 3.41. The van der Waals surface area contributed by atoms with Crippen molar-refractivity contribution in [3.8, 4) is 0 Å². The molecular weight excluding hydrogens is 314 g/mol. The summed E-state index contributed by atoms with van der Waals surface area (Å²) >= 11 is 5.77. The van der Waals surface area contributed by atoms with Crippen molar-refractivity contribution in [1.82, 2.24) is 19.6 Å². The van der Waals surface area contributed by atoms with Crippen LogP contribution in [-0.4, -0.2) is 25.5 Å². The van der Waals surface area contributed by atoms with E-state index in [0.29, 0.717) is 17.4 Å². The monoisotopic (exact) mass is 329 g/mol. The van der Waals surface area contributed by atoms with E-state index in [1.807, 2.05) is 18.3 Å². The van der Waals surface area contributed by atoms with Gasteiger partial charge >= 0.3 is 0 Å². The minimum atomic E-state index is -0.203. The summed E-state index contributed by atoms with van der Waals surface area (Å²) in [6, 6.07) is 9.92. The maximum absolute atomic E-state index is 11.9. The molecule has 7 heteroatoms. The minimum absolute atomic E-state index is 0.0946. The average molecular weight is 330 g/mol. The SMILES string of the molecule is Cc1ccccc1Cn1ccc(NC(=O)Cn2cc(Cl)cn2)n1. The van der Waals surface area contributed by atoms with Gasteiger partial charge in [0.25, 0.3) is 0 Å². The number of rotatable bonds is 5. The molecule has 0 spiro atoms. The Balaban J connectivity index is 1.61. The molecule has 23 heavy (non-hydrogen) atoms. The minimum Gasteiger partial charge on any atom is -0.308 e. The van der Waals surface area contributed by atoms with Crippen LogP contribution in [0.3, 0.4) is 0 Å². The average Bonchev–Trinajstić information content (AvgIpc) is 3.11. The van der Waals surface area contributed by atoms with E-state index in [-0.39, 0.29) is 12.5 Å². The van der Waals surface area contributed by atoms with E-state index in [2.05, 4.69) is 34.6 Å². The summed E-state index contributed by atoms with van der Waals surface area (Å²) in [5.41, 5.74) is 2.41. The van der Waals surface area contributed by atoms with Gasteiger partial charge in [-0.3, -0.25) is 14.2 Å². The molecule has 3 rings (SSSR count). The maximum atomic E-state index is 11.9. The van der Waals surface area contributed by atoms with E-state index in [9.17, 15) is 4.79 Å². The Morgan fingerprint density at radius 3 is 2.83 bits per heavy atom. The second kappa shape index (κ2) is 6.66. The van der Waals surface area contributed by atoms with Gasteiger partial charge in [-0.25, -0.2) is 0 Å². The highest BCUT2D eigenvalue weighted by atomic mass is 35.5. The molecule has 0 aliphatic carbocycles. The van der Waals surface area contributed by atoms with Crippen molar-refractivity contribution in [2.45, 2.75) is 20.0 Å². The molecule has 0 unspecified atom stereocenters. The van der Waals surface area contributed by atoms with Crippen molar-refractivity contribution in [3.05, 3.63) is 65.1 Å². The Labute approximate surface area is 138 Å². The van der Waals surface area contributed by atoms with Crippen LogP contribution in [0.5, 0.6) is 0 Å². The van der Waals surface area contributed by atoms with Gasteiger partial charge in [-0.2, -0.15) is 10.2 Å². The van der Waals surface area contributed by atoms with Gasteiger partial charge in [0.15, 0.2) is 5.82 Å². The van der Waals surface area contributed by atoms with Crippen LogP contribution < -0.4 is 5.32 Å². The van der Waals surface area contributed by atoms with Crippen LogP contribution >= 0.6 is 11.6 Å². The van der Waals surface area contributed by atoms with Gasteiger partial charge in [-0.15, -0.1) is 0 Å². The van der Waals surface area contributed by atoms with Crippen LogP contribution in [0.15, 0.2) is 48.9 Å². The van der Waals surface area contributed by atoms with Crippen LogP contribution in [0.2, 0.25) is 5.02 Å². The molecule has 0 saturated carbocycles. The molecule has 118 valence electrons.